The molecule has 0 unspecified atom stereocenters. The third kappa shape index (κ3) is 4.63. The lowest BCUT2D eigenvalue weighted by atomic mass is 10.2. The van der Waals surface area contributed by atoms with E-state index in [1.807, 2.05) is 0 Å². The van der Waals surface area contributed by atoms with Crippen LogP contribution in [0, 0.1) is 0 Å². The lowest BCUT2D eigenvalue weighted by Gasteiger charge is -2.13. The summed E-state index contributed by atoms with van der Waals surface area (Å²) >= 11 is 6.03. The molecule has 5 heteroatoms. The van der Waals surface area contributed by atoms with E-state index in [1.165, 1.54) is 25.7 Å². The first-order valence-corrected chi connectivity index (χ1v) is 6.71. The van der Waals surface area contributed by atoms with Gasteiger partial charge in [-0.15, -0.1) is 0 Å². The molecule has 0 amide bonds. The smallest absolute Gasteiger partial charge is 0.335 e. The first-order chi connectivity index (χ1) is 9.10. The van der Waals surface area contributed by atoms with Crippen molar-refractivity contribution in [3.05, 3.63) is 22.7 Å². The minimum absolute atomic E-state index is 0.0835. The van der Waals surface area contributed by atoms with Crippen molar-refractivity contribution >= 4 is 17.6 Å². The van der Waals surface area contributed by atoms with E-state index in [9.17, 15) is 4.79 Å². The summed E-state index contributed by atoms with van der Waals surface area (Å²) in [5, 5.41) is 9.19. The van der Waals surface area contributed by atoms with Gasteiger partial charge in [-0.25, -0.2) is 4.79 Å². The van der Waals surface area contributed by atoms with Gasteiger partial charge in [0.15, 0.2) is 11.5 Å². The number of methoxy groups -OCH3 is 1. The number of ether oxygens (including phenoxy) is 2. The monoisotopic (exact) mass is 286 g/mol. The molecule has 1 N–H and O–H groups in total. The first-order valence-electron chi connectivity index (χ1n) is 6.33. The number of hydrogen-bond donors (Lipinski definition) is 1. The minimum Gasteiger partial charge on any atom is -0.493 e. The molecule has 0 spiro atoms. The minimum atomic E-state index is -1.05. The van der Waals surface area contributed by atoms with Crippen LogP contribution in [0.3, 0.4) is 0 Å². The molecule has 4 nitrogen and oxygen atoms in total. The van der Waals surface area contributed by atoms with Gasteiger partial charge in [0, 0.05) is 0 Å². The molecule has 0 aliphatic rings. The second kappa shape index (κ2) is 7.89. The summed E-state index contributed by atoms with van der Waals surface area (Å²) in [6.07, 6.45) is 4.38. The number of rotatable bonds is 8. The van der Waals surface area contributed by atoms with Crippen LogP contribution in [0.1, 0.15) is 43.0 Å². The van der Waals surface area contributed by atoms with E-state index in [0.717, 1.165) is 19.3 Å². The van der Waals surface area contributed by atoms with Crippen LogP contribution in [0.2, 0.25) is 5.02 Å². The number of carboxylic acid groups (broad SMARTS) is 1. The Labute approximate surface area is 118 Å². The fraction of sp³-hybridized carbons (Fsp3) is 0.500. The largest absolute Gasteiger partial charge is 0.493 e. The quantitative estimate of drug-likeness (QED) is 0.734. The van der Waals surface area contributed by atoms with E-state index in [4.69, 9.17) is 26.2 Å². The van der Waals surface area contributed by atoms with Crippen molar-refractivity contribution in [3.63, 3.8) is 0 Å². The van der Waals surface area contributed by atoms with Crippen molar-refractivity contribution in [3.8, 4) is 11.5 Å². The molecule has 0 aromatic heterocycles. The molecule has 19 heavy (non-hydrogen) atoms. The maximum Gasteiger partial charge on any atom is 0.335 e. The van der Waals surface area contributed by atoms with E-state index >= 15 is 0 Å². The van der Waals surface area contributed by atoms with Gasteiger partial charge in [0.1, 0.15) is 0 Å². The predicted octanol–water partition coefficient (Wildman–Crippen LogP) is 4.01. The van der Waals surface area contributed by atoms with Crippen molar-refractivity contribution in [2.45, 2.75) is 32.6 Å². The number of aromatic carboxylic acids is 1. The van der Waals surface area contributed by atoms with Gasteiger partial charge in [-0.05, 0) is 18.6 Å². The standard InChI is InChI=1S/C14H19ClO4/c1-3-4-5-6-7-19-13-11(15)8-10(14(16)17)9-12(13)18-2/h8-9H,3-7H2,1-2H3,(H,16,17). The summed E-state index contributed by atoms with van der Waals surface area (Å²) < 4.78 is 10.7. The Hall–Kier alpha value is -1.42. The van der Waals surface area contributed by atoms with Crippen LogP contribution >= 0.6 is 11.6 Å². The Balaban J connectivity index is 2.74. The summed E-state index contributed by atoms with van der Waals surface area (Å²) in [7, 11) is 1.46. The molecule has 0 fully saturated rings. The number of unbranched alkanes of at least 4 members (excludes halogenated alkanes) is 3. The Kier molecular flexibility index (Phi) is 6.50. The van der Waals surface area contributed by atoms with Crippen LogP contribution in [0.4, 0.5) is 0 Å². The van der Waals surface area contributed by atoms with Crippen LogP contribution < -0.4 is 9.47 Å². The number of halogens is 1. The number of carboxylic acids is 1. The highest BCUT2D eigenvalue weighted by Crippen LogP contribution is 2.36. The van der Waals surface area contributed by atoms with Crippen molar-refractivity contribution < 1.29 is 19.4 Å². The maximum atomic E-state index is 10.9. The molecular weight excluding hydrogens is 268 g/mol. The molecule has 1 aromatic carbocycles. The molecule has 1 rings (SSSR count). The summed E-state index contributed by atoms with van der Waals surface area (Å²) in [6.45, 7) is 2.69. The van der Waals surface area contributed by atoms with E-state index in [1.54, 1.807) is 0 Å². The van der Waals surface area contributed by atoms with Gasteiger partial charge in [0.25, 0.3) is 0 Å². The van der Waals surface area contributed by atoms with Gasteiger partial charge in [-0.3, -0.25) is 0 Å². The SMILES string of the molecule is CCCCCCOc1c(Cl)cc(C(=O)O)cc1OC. The topological polar surface area (TPSA) is 55.8 Å². The second-order valence-electron chi connectivity index (χ2n) is 4.20. The molecule has 0 saturated heterocycles. The average Bonchev–Trinajstić information content (AvgIpc) is 2.39. The third-order valence-electron chi connectivity index (χ3n) is 2.72. The number of hydrogen-bond acceptors (Lipinski definition) is 3. The molecule has 106 valence electrons. The maximum absolute atomic E-state index is 10.9. The van der Waals surface area contributed by atoms with Crippen molar-refractivity contribution in [2.75, 3.05) is 13.7 Å². The van der Waals surface area contributed by atoms with Crippen molar-refractivity contribution in [1.29, 1.82) is 0 Å². The van der Waals surface area contributed by atoms with E-state index < -0.39 is 5.97 Å². The highest BCUT2D eigenvalue weighted by atomic mass is 35.5. The van der Waals surface area contributed by atoms with Crippen LogP contribution in [0.5, 0.6) is 11.5 Å². The average molecular weight is 287 g/mol. The summed E-state index contributed by atoms with van der Waals surface area (Å²) in [5.74, 6) is -0.291. The fourth-order valence-corrected chi connectivity index (χ4v) is 1.95. The first kappa shape index (κ1) is 15.6. The van der Waals surface area contributed by atoms with Crippen LogP contribution in [0.25, 0.3) is 0 Å². The van der Waals surface area contributed by atoms with Gasteiger partial charge >= 0.3 is 5.97 Å². The third-order valence-corrected chi connectivity index (χ3v) is 3.00. The summed E-state index contributed by atoms with van der Waals surface area (Å²) in [5.41, 5.74) is 0.0835. The molecule has 0 atom stereocenters. The molecular formula is C14H19ClO4. The van der Waals surface area contributed by atoms with E-state index in [2.05, 4.69) is 6.92 Å². The highest BCUT2D eigenvalue weighted by Gasteiger charge is 2.15. The number of carbonyl (C=O) groups is 1. The van der Waals surface area contributed by atoms with Gasteiger partial charge in [-0.1, -0.05) is 37.8 Å². The zero-order valence-electron chi connectivity index (χ0n) is 11.2. The molecule has 0 radical (unpaired) electrons. The predicted molar refractivity (Wildman–Crippen MR) is 74.6 cm³/mol. The molecule has 1 aromatic rings. The molecule has 0 aliphatic heterocycles. The summed E-state index contributed by atoms with van der Waals surface area (Å²) in [6, 6.07) is 2.78. The highest BCUT2D eigenvalue weighted by molar-refractivity contribution is 6.32. The normalized spacial score (nSPS) is 10.3. The fourth-order valence-electron chi connectivity index (χ4n) is 1.69. The van der Waals surface area contributed by atoms with Gasteiger partial charge < -0.3 is 14.6 Å². The van der Waals surface area contributed by atoms with Gasteiger partial charge in [0.2, 0.25) is 0 Å². The van der Waals surface area contributed by atoms with Crippen LogP contribution in [-0.4, -0.2) is 24.8 Å². The number of benzene rings is 1. The Morgan fingerprint density at radius 2 is 2.05 bits per heavy atom. The molecule has 0 saturated carbocycles. The van der Waals surface area contributed by atoms with Crippen LogP contribution in [0.15, 0.2) is 12.1 Å². The zero-order valence-corrected chi connectivity index (χ0v) is 12.0. The van der Waals surface area contributed by atoms with Gasteiger partial charge in [-0.2, -0.15) is 0 Å². The molecule has 0 aliphatic carbocycles. The van der Waals surface area contributed by atoms with Gasteiger partial charge in [0.05, 0.1) is 24.3 Å². The van der Waals surface area contributed by atoms with Crippen LogP contribution in [-0.2, 0) is 0 Å². The Morgan fingerprint density at radius 3 is 2.63 bits per heavy atom. The van der Waals surface area contributed by atoms with Crippen molar-refractivity contribution in [1.82, 2.24) is 0 Å². The second-order valence-corrected chi connectivity index (χ2v) is 4.61. The van der Waals surface area contributed by atoms with E-state index in [0.29, 0.717) is 18.1 Å². The Morgan fingerprint density at radius 1 is 1.32 bits per heavy atom. The zero-order chi connectivity index (χ0) is 14.3. The summed E-state index contributed by atoms with van der Waals surface area (Å²) in [4.78, 5) is 10.9. The van der Waals surface area contributed by atoms with Crippen molar-refractivity contribution in [2.24, 2.45) is 0 Å². The molecule has 0 heterocycles. The lowest BCUT2D eigenvalue weighted by molar-refractivity contribution is 0.0696. The Bertz CT molecular complexity index is 432. The van der Waals surface area contributed by atoms with E-state index in [-0.39, 0.29) is 10.6 Å². The molecule has 0 bridgehead atoms. The lowest BCUT2D eigenvalue weighted by Crippen LogP contribution is -2.03.